The minimum atomic E-state index is -9.99. The van der Waals surface area contributed by atoms with E-state index >= 15 is 0 Å². The average Bonchev–Trinajstić information content (AvgIpc) is 2.93. The molecule has 0 heterocycles. The Kier molecular flexibility index (Phi) is 12.2. The number of esters is 1. The minimum absolute atomic E-state index is 0.0252. The topological polar surface area (TPSA) is 26.3 Å². The van der Waals surface area contributed by atoms with Crippen molar-refractivity contribution >= 4 is 5.97 Å². The molecule has 2 nitrogen and oxygen atoms in total. The number of hydrogen-bond acceptors (Lipinski definition) is 2. The fourth-order valence-corrected chi connectivity index (χ4v) is 3.08. The zero-order valence-corrected chi connectivity index (χ0v) is 23.6. The molecule has 0 fully saturated rings. The van der Waals surface area contributed by atoms with E-state index in [1.165, 1.54) is 6.92 Å². The van der Waals surface area contributed by atoms with Crippen LogP contribution < -0.4 is 0 Å². The van der Waals surface area contributed by atoms with Crippen LogP contribution >= 0.6 is 0 Å². The zero-order valence-electron chi connectivity index (χ0n) is 23.6. The van der Waals surface area contributed by atoms with Gasteiger partial charge < -0.3 is 4.74 Å². The number of rotatable bonds is 17. The first-order valence-electron chi connectivity index (χ1n) is 12.0. The van der Waals surface area contributed by atoms with Crippen LogP contribution in [0.1, 0.15) is 26.2 Å². The van der Waals surface area contributed by atoms with Crippen LogP contribution in [-0.4, -0.2) is 89.3 Å². The largest absolute Gasteiger partial charge is 0.473 e. The molecule has 310 valence electrons. The highest BCUT2D eigenvalue weighted by Crippen LogP contribution is 2.69. The van der Waals surface area contributed by atoms with E-state index in [9.17, 15) is 132 Å². The van der Waals surface area contributed by atoms with E-state index < -0.39 is 101 Å². The van der Waals surface area contributed by atoms with Crippen LogP contribution in [0.15, 0.2) is 12.2 Å². The third-order valence-electron chi connectivity index (χ3n) is 6.40. The fraction of sp³-hybridized carbons (Fsp3) is 0.857. The predicted molar refractivity (Wildman–Crippen MR) is 105 cm³/mol. The van der Waals surface area contributed by atoms with E-state index in [1.54, 1.807) is 0 Å². The van der Waals surface area contributed by atoms with Crippen molar-refractivity contribution in [3.8, 4) is 0 Å². The van der Waals surface area contributed by atoms with Crippen molar-refractivity contribution in [3.05, 3.63) is 12.2 Å². The summed E-state index contributed by atoms with van der Waals surface area (Å²) < 4.78 is 394. The summed E-state index contributed by atoms with van der Waals surface area (Å²) >= 11 is 0. The number of carbonyl (C=O) groups is 1. The summed E-state index contributed by atoms with van der Waals surface area (Å²) in [6.07, 6.45) is -17.3. The molecule has 0 rings (SSSR count). The van der Waals surface area contributed by atoms with Crippen LogP contribution in [0.25, 0.3) is 0 Å². The van der Waals surface area contributed by atoms with Gasteiger partial charge in [-0.25, -0.2) is 4.79 Å². The number of hydrogen-bond donors (Lipinski definition) is 0. The van der Waals surface area contributed by atoms with Crippen LogP contribution in [0.4, 0.5) is 127 Å². The lowest BCUT2D eigenvalue weighted by Crippen LogP contribution is -2.79. The summed E-state index contributed by atoms with van der Waals surface area (Å²) in [5.74, 6) is -118. The fourth-order valence-electron chi connectivity index (χ4n) is 3.08. The van der Waals surface area contributed by atoms with Gasteiger partial charge in [0.15, 0.2) is 0 Å². The van der Waals surface area contributed by atoms with Gasteiger partial charge >= 0.3 is 89.3 Å². The van der Waals surface area contributed by atoms with Gasteiger partial charge in [0.25, 0.3) is 0 Å². The Morgan fingerprint density at radius 1 is 0.404 bits per heavy atom. The molecule has 52 heavy (non-hydrogen) atoms. The maximum Gasteiger partial charge on any atom is 0.473 e. The van der Waals surface area contributed by atoms with Gasteiger partial charge in [-0.05, 0) is 12.8 Å². The lowest BCUT2D eigenvalue weighted by atomic mass is 9.84. The second-order valence-corrected chi connectivity index (χ2v) is 10.0. The summed E-state index contributed by atoms with van der Waals surface area (Å²) in [4.78, 5) is 11.3. The Morgan fingerprint density at radius 3 is 0.827 bits per heavy atom. The van der Waals surface area contributed by atoms with Crippen molar-refractivity contribution < 1.29 is 137 Å². The summed E-state index contributed by atoms with van der Waals surface area (Å²) in [7, 11) is 0. The number of alkyl halides is 29. The molecule has 0 aliphatic rings. The second kappa shape index (κ2) is 12.9. The zero-order chi connectivity index (χ0) is 43.0. The lowest BCUT2D eigenvalue weighted by Gasteiger charge is -2.46. The van der Waals surface area contributed by atoms with Gasteiger partial charge in [0.2, 0.25) is 0 Å². The van der Waals surface area contributed by atoms with Crippen molar-refractivity contribution in [2.75, 3.05) is 0 Å². The second-order valence-electron chi connectivity index (χ2n) is 10.0. The van der Waals surface area contributed by atoms with Crippen LogP contribution in [0.5, 0.6) is 0 Å². The van der Waals surface area contributed by atoms with Gasteiger partial charge in [-0.2, -0.15) is 127 Å². The summed E-state index contributed by atoms with van der Waals surface area (Å²) in [5, 5.41) is 0. The quantitative estimate of drug-likeness (QED) is 0.0828. The molecule has 0 amide bonds. The van der Waals surface area contributed by atoms with Crippen LogP contribution in [-0.2, 0) is 9.53 Å². The number of unbranched alkanes of at least 4 members (excludes halogenated alkanes) is 1. The molecule has 0 bridgehead atoms. The molecule has 0 aromatic heterocycles. The van der Waals surface area contributed by atoms with Crippen molar-refractivity contribution in [2.45, 2.75) is 110 Å². The third kappa shape index (κ3) is 6.22. The first kappa shape index (κ1) is 49.2. The average molecular weight is 846 g/mol. The van der Waals surface area contributed by atoms with Crippen molar-refractivity contribution in [1.29, 1.82) is 0 Å². The Balaban J connectivity index is 7.43. The van der Waals surface area contributed by atoms with Gasteiger partial charge in [-0.1, -0.05) is 19.9 Å². The summed E-state index contributed by atoms with van der Waals surface area (Å²) in [5.41, 5.74) is -1.45. The van der Waals surface area contributed by atoms with E-state index in [0.29, 0.717) is 0 Å². The highest BCUT2D eigenvalue weighted by atomic mass is 19.4. The summed E-state index contributed by atoms with van der Waals surface area (Å²) in [6.45, 7) is 3.78. The molecule has 0 radical (unpaired) electrons. The van der Waals surface area contributed by atoms with Crippen LogP contribution in [0.3, 0.4) is 0 Å². The van der Waals surface area contributed by atoms with Crippen molar-refractivity contribution in [1.82, 2.24) is 0 Å². The number of ether oxygens (including phenoxy) is 1. The van der Waals surface area contributed by atoms with Gasteiger partial charge in [-0.3, -0.25) is 0 Å². The molecular weight excluding hydrogens is 835 g/mol. The van der Waals surface area contributed by atoms with E-state index in [0.717, 1.165) is 0 Å². The van der Waals surface area contributed by atoms with Crippen LogP contribution in [0, 0.1) is 0 Å². The van der Waals surface area contributed by atoms with Crippen molar-refractivity contribution in [2.24, 2.45) is 0 Å². The van der Waals surface area contributed by atoms with Gasteiger partial charge in [-0.15, -0.1) is 0 Å². The third-order valence-corrected chi connectivity index (χ3v) is 6.40. The predicted octanol–water partition coefficient (Wildman–Crippen LogP) is 11.1. The van der Waals surface area contributed by atoms with E-state index in [2.05, 4.69) is 11.3 Å². The summed E-state index contributed by atoms with van der Waals surface area (Å²) in [6, 6.07) is 0. The molecule has 0 aromatic carbocycles. The maximum atomic E-state index is 13.9. The Labute approximate surface area is 265 Å². The first-order valence-corrected chi connectivity index (χ1v) is 12.0. The lowest BCUT2D eigenvalue weighted by molar-refractivity contribution is -0.491. The number of halogens is 29. The van der Waals surface area contributed by atoms with E-state index in [4.69, 9.17) is 0 Å². The highest BCUT2D eigenvalue weighted by Gasteiger charge is 3.01. The van der Waals surface area contributed by atoms with E-state index in [1.807, 2.05) is 0 Å². The Morgan fingerprint density at radius 2 is 0.615 bits per heavy atom. The smallest absolute Gasteiger partial charge is 0.393 e. The van der Waals surface area contributed by atoms with Gasteiger partial charge in [0.1, 0.15) is 0 Å². The Hall–Kier alpha value is -2.82. The SMILES string of the molecule is C=C(CCCC)C(=O)OC(F)(F)C(F)(F)C(F)(F)C(F)(F)C(F)(F)C(F)(F)C(F)(F)C(F)(F)C(F)(F)C(F)(F)C(F)(F)C(F)(F)C(F)(F)C(F)(F)F. The molecule has 0 aliphatic carbocycles. The highest BCUT2D eigenvalue weighted by molar-refractivity contribution is 5.87. The molecular formula is C21H11F29O2. The molecule has 0 aromatic rings. The molecule has 0 saturated heterocycles. The minimum Gasteiger partial charge on any atom is -0.393 e. The maximum absolute atomic E-state index is 13.9. The molecule has 0 N–H and O–H groups in total. The Bertz CT molecular complexity index is 1320. The molecule has 0 unspecified atom stereocenters. The first-order chi connectivity index (χ1) is 22.1. The van der Waals surface area contributed by atoms with Gasteiger partial charge in [0.05, 0.1) is 0 Å². The molecule has 0 saturated carbocycles. The molecule has 31 heteroatoms. The molecule has 0 atom stereocenters. The van der Waals surface area contributed by atoms with Gasteiger partial charge in [0, 0.05) is 5.57 Å². The molecule has 0 aliphatic heterocycles. The van der Waals surface area contributed by atoms with Crippen LogP contribution in [0.2, 0.25) is 0 Å². The van der Waals surface area contributed by atoms with Crippen molar-refractivity contribution in [3.63, 3.8) is 0 Å². The standard InChI is InChI=1S/C21H11F29O2/c1-3-4-5-6(2)7(51)52-21(49,50)19(44,45)17(40,41)15(36,37)13(32,33)11(28,29)9(24,25)8(22,23)10(26,27)12(30,31)14(34,35)16(38,39)18(42,43)20(46,47)48/h2-5H2,1H3. The van der Waals surface area contributed by atoms with E-state index in [-0.39, 0.29) is 12.8 Å². The monoisotopic (exact) mass is 846 g/mol. The number of carbonyl (C=O) groups excluding carboxylic acids is 1. The molecule has 0 spiro atoms. The normalized spacial score (nSPS) is 16.3.